The molecule has 0 aliphatic carbocycles. The maximum Gasteiger partial charge on any atom is 0.263 e. The lowest BCUT2D eigenvalue weighted by Crippen LogP contribution is -2.20. The molecule has 3 rings (SSSR count). The molecule has 1 aromatic heterocycles. The first-order valence-electron chi connectivity index (χ1n) is 6.36. The molecule has 0 radical (unpaired) electrons. The number of benzene rings is 1. The number of hydrogen-bond acceptors (Lipinski definition) is 4. The van der Waals surface area contributed by atoms with Gasteiger partial charge in [-0.05, 0) is 35.9 Å². The summed E-state index contributed by atoms with van der Waals surface area (Å²) in [6, 6.07) is 9.69. The monoisotopic (exact) mass is 289 g/mol. The van der Waals surface area contributed by atoms with Crippen molar-refractivity contribution in [1.29, 1.82) is 0 Å². The number of hydrogen-bond donors (Lipinski definition) is 0. The van der Waals surface area contributed by atoms with E-state index in [0.717, 1.165) is 26.8 Å². The molecule has 104 valence electrons. The van der Waals surface area contributed by atoms with Crippen molar-refractivity contribution in [2.45, 2.75) is 0 Å². The summed E-state index contributed by atoms with van der Waals surface area (Å²) in [5.74, 6) is 1.57. The first-order chi connectivity index (χ1) is 9.65. The van der Waals surface area contributed by atoms with E-state index >= 15 is 0 Å². The summed E-state index contributed by atoms with van der Waals surface area (Å²) < 4.78 is 11.1. The third-order valence-corrected chi connectivity index (χ3v) is 4.17. The van der Waals surface area contributed by atoms with E-state index in [2.05, 4.69) is 0 Å². The van der Waals surface area contributed by atoms with Gasteiger partial charge in [0.25, 0.3) is 5.91 Å². The first-order valence-corrected chi connectivity index (χ1v) is 7.18. The molecule has 0 saturated carbocycles. The van der Waals surface area contributed by atoms with Crippen LogP contribution >= 0.6 is 11.3 Å². The van der Waals surface area contributed by atoms with Gasteiger partial charge in [0.05, 0.1) is 4.88 Å². The Morgan fingerprint density at radius 2 is 1.85 bits per heavy atom. The quantitative estimate of drug-likeness (QED) is 0.853. The van der Waals surface area contributed by atoms with E-state index in [-0.39, 0.29) is 5.91 Å². The molecule has 0 spiro atoms. The van der Waals surface area contributed by atoms with E-state index in [1.54, 1.807) is 19.0 Å². The first kappa shape index (κ1) is 13.0. The predicted octanol–water partition coefficient (Wildman–Crippen LogP) is 2.89. The highest BCUT2D eigenvalue weighted by Gasteiger charge is 2.15. The van der Waals surface area contributed by atoms with Gasteiger partial charge in [0.1, 0.15) is 13.2 Å². The highest BCUT2D eigenvalue weighted by atomic mass is 32.1. The molecule has 1 aliphatic rings. The fourth-order valence-electron chi connectivity index (χ4n) is 2.02. The third-order valence-electron chi connectivity index (χ3n) is 3.05. The van der Waals surface area contributed by atoms with Crippen molar-refractivity contribution in [3.8, 4) is 21.9 Å². The Labute approximate surface area is 121 Å². The molecule has 1 aliphatic heterocycles. The van der Waals surface area contributed by atoms with Gasteiger partial charge < -0.3 is 14.4 Å². The Bertz CT molecular complexity index is 648. The largest absolute Gasteiger partial charge is 0.486 e. The SMILES string of the molecule is CN(C)C(=O)c1ccc(-c2ccc3c(c2)OCCO3)s1. The summed E-state index contributed by atoms with van der Waals surface area (Å²) in [6.45, 7) is 1.16. The normalized spacial score (nSPS) is 13.1. The highest BCUT2D eigenvalue weighted by molar-refractivity contribution is 7.17. The van der Waals surface area contributed by atoms with Crippen LogP contribution in [-0.2, 0) is 0 Å². The summed E-state index contributed by atoms with van der Waals surface area (Å²) in [5.41, 5.74) is 1.04. The van der Waals surface area contributed by atoms with Gasteiger partial charge in [0, 0.05) is 19.0 Å². The molecule has 0 unspecified atom stereocenters. The topological polar surface area (TPSA) is 38.8 Å². The molecular formula is C15H15NO3S. The van der Waals surface area contributed by atoms with Gasteiger partial charge in [0.2, 0.25) is 0 Å². The molecule has 0 saturated heterocycles. The van der Waals surface area contributed by atoms with Crippen LogP contribution in [-0.4, -0.2) is 38.1 Å². The second kappa shape index (κ2) is 5.17. The molecule has 1 amide bonds. The Morgan fingerprint density at radius 3 is 2.60 bits per heavy atom. The summed E-state index contributed by atoms with van der Waals surface area (Å²) in [4.78, 5) is 15.3. The second-order valence-electron chi connectivity index (χ2n) is 4.72. The van der Waals surface area contributed by atoms with Gasteiger partial charge in [-0.3, -0.25) is 4.79 Å². The van der Waals surface area contributed by atoms with Gasteiger partial charge in [-0.1, -0.05) is 0 Å². The van der Waals surface area contributed by atoms with Crippen LogP contribution in [0.1, 0.15) is 9.67 Å². The molecule has 0 fully saturated rings. The third kappa shape index (κ3) is 2.36. The number of amides is 1. The standard InChI is InChI=1S/C15H15NO3S/c1-16(2)15(17)14-6-5-13(20-14)10-3-4-11-12(9-10)19-8-7-18-11/h3-6,9H,7-8H2,1-2H3. The van der Waals surface area contributed by atoms with E-state index in [0.29, 0.717) is 13.2 Å². The van der Waals surface area contributed by atoms with Crippen LogP contribution < -0.4 is 9.47 Å². The average Bonchev–Trinajstić information content (AvgIpc) is 2.95. The molecule has 0 bridgehead atoms. The van der Waals surface area contributed by atoms with Crippen LogP contribution in [0.5, 0.6) is 11.5 Å². The van der Waals surface area contributed by atoms with Crippen molar-refractivity contribution in [2.24, 2.45) is 0 Å². The highest BCUT2D eigenvalue weighted by Crippen LogP contribution is 2.36. The Balaban J connectivity index is 1.91. The van der Waals surface area contributed by atoms with E-state index < -0.39 is 0 Å². The Morgan fingerprint density at radius 1 is 1.10 bits per heavy atom. The number of fused-ring (bicyclic) bond motifs is 1. The lowest BCUT2D eigenvalue weighted by Gasteiger charge is -2.18. The van der Waals surface area contributed by atoms with Crippen molar-refractivity contribution in [1.82, 2.24) is 4.90 Å². The van der Waals surface area contributed by atoms with Gasteiger partial charge in [0.15, 0.2) is 11.5 Å². The van der Waals surface area contributed by atoms with E-state index in [1.165, 1.54) is 11.3 Å². The summed E-state index contributed by atoms with van der Waals surface area (Å²) >= 11 is 1.49. The average molecular weight is 289 g/mol. The Kier molecular flexibility index (Phi) is 3.36. The van der Waals surface area contributed by atoms with Gasteiger partial charge in [-0.25, -0.2) is 0 Å². The van der Waals surface area contributed by atoms with Gasteiger partial charge in [-0.15, -0.1) is 11.3 Å². The minimum Gasteiger partial charge on any atom is -0.486 e. The number of nitrogens with zero attached hydrogens (tertiary/aromatic N) is 1. The molecular weight excluding hydrogens is 274 g/mol. The molecule has 5 heteroatoms. The number of ether oxygens (including phenoxy) is 2. The summed E-state index contributed by atoms with van der Waals surface area (Å²) in [7, 11) is 3.51. The smallest absolute Gasteiger partial charge is 0.263 e. The van der Waals surface area contributed by atoms with E-state index in [4.69, 9.17) is 9.47 Å². The minimum atomic E-state index is 0.0267. The zero-order valence-corrected chi connectivity index (χ0v) is 12.2. The van der Waals surface area contributed by atoms with Crippen molar-refractivity contribution in [2.75, 3.05) is 27.3 Å². The second-order valence-corrected chi connectivity index (χ2v) is 5.81. The predicted molar refractivity (Wildman–Crippen MR) is 78.8 cm³/mol. The fraction of sp³-hybridized carbons (Fsp3) is 0.267. The lowest BCUT2D eigenvalue weighted by atomic mass is 10.1. The van der Waals surface area contributed by atoms with Crippen molar-refractivity contribution >= 4 is 17.2 Å². The molecule has 1 aromatic carbocycles. The molecule has 20 heavy (non-hydrogen) atoms. The van der Waals surface area contributed by atoms with Crippen molar-refractivity contribution < 1.29 is 14.3 Å². The zero-order chi connectivity index (χ0) is 14.1. The van der Waals surface area contributed by atoms with Crippen LogP contribution in [0.3, 0.4) is 0 Å². The maximum atomic E-state index is 11.9. The number of carbonyl (C=O) groups excluding carboxylic acids is 1. The lowest BCUT2D eigenvalue weighted by molar-refractivity contribution is 0.0832. The van der Waals surface area contributed by atoms with Gasteiger partial charge in [-0.2, -0.15) is 0 Å². The van der Waals surface area contributed by atoms with Crippen LogP contribution in [0.4, 0.5) is 0 Å². The molecule has 0 atom stereocenters. The van der Waals surface area contributed by atoms with Crippen LogP contribution in [0, 0.1) is 0 Å². The summed E-state index contributed by atoms with van der Waals surface area (Å²) in [5, 5.41) is 0. The zero-order valence-electron chi connectivity index (χ0n) is 11.4. The molecule has 0 N–H and O–H groups in total. The minimum absolute atomic E-state index is 0.0267. The molecule has 2 aromatic rings. The maximum absolute atomic E-state index is 11.9. The van der Waals surface area contributed by atoms with Gasteiger partial charge >= 0.3 is 0 Å². The van der Waals surface area contributed by atoms with E-state index in [1.807, 2.05) is 30.3 Å². The van der Waals surface area contributed by atoms with Crippen LogP contribution in [0.25, 0.3) is 10.4 Å². The molecule has 2 heterocycles. The molecule has 4 nitrogen and oxygen atoms in total. The van der Waals surface area contributed by atoms with Crippen molar-refractivity contribution in [3.05, 3.63) is 35.2 Å². The Hall–Kier alpha value is -2.01. The van der Waals surface area contributed by atoms with Crippen LogP contribution in [0.2, 0.25) is 0 Å². The fourth-order valence-corrected chi connectivity index (χ4v) is 3.05. The van der Waals surface area contributed by atoms with E-state index in [9.17, 15) is 4.79 Å². The number of rotatable bonds is 2. The summed E-state index contributed by atoms with van der Waals surface area (Å²) in [6.07, 6.45) is 0. The van der Waals surface area contributed by atoms with Crippen molar-refractivity contribution in [3.63, 3.8) is 0 Å². The number of carbonyl (C=O) groups is 1. The van der Waals surface area contributed by atoms with Crippen LogP contribution in [0.15, 0.2) is 30.3 Å². The number of thiophene rings is 1.